The Morgan fingerprint density at radius 1 is 1.45 bits per heavy atom. The highest BCUT2D eigenvalue weighted by molar-refractivity contribution is 9.10. The van der Waals surface area contributed by atoms with Crippen LogP contribution in [0.1, 0.15) is 24.7 Å². The van der Waals surface area contributed by atoms with Crippen molar-refractivity contribution in [2.45, 2.75) is 45.7 Å². The van der Waals surface area contributed by atoms with E-state index in [2.05, 4.69) is 26.3 Å². The number of ether oxygens (including phenoxy) is 1. The summed E-state index contributed by atoms with van der Waals surface area (Å²) in [5.74, 6) is 0. The molecule has 0 amide bonds. The molecule has 0 aliphatic rings. The second-order valence-corrected chi connectivity index (χ2v) is 5.40. The highest BCUT2D eigenvalue weighted by Gasteiger charge is 2.16. The summed E-state index contributed by atoms with van der Waals surface area (Å²) >= 11 is 3.56. The summed E-state index contributed by atoms with van der Waals surface area (Å²) in [6.07, 6.45) is -0.936. The Kier molecular flexibility index (Phi) is 7.61. The zero-order valence-electron chi connectivity index (χ0n) is 12.1. The summed E-state index contributed by atoms with van der Waals surface area (Å²) < 4.78 is 31.9. The van der Waals surface area contributed by atoms with E-state index in [1.165, 1.54) is 0 Å². The molecule has 0 aromatic carbocycles. The minimum absolute atomic E-state index is 0.172. The monoisotopic (exact) mass is 353 g/mol. The van der Waals surface area contributed by atoms with Crippen LogP contribution in [0.25, 0.3) is 0 Å². The van der Waals surface area contributed by atoms with Gasteiger partial charge in [0.05, 0.1) is 15.9 Å². The molecule has 7 heteroatoms. The molecule has 0 aliphatic heterocycles. The van der Waals surface area contributed by atoms with Crippen molar-refractivity contribution in [2.75, 3.05) is 20.3 Å². The minimum Gasteiger partial charge on any atom is -0.375 e. The molecule has 116 valence electrons. The first-order chi connectivity index (χ1) is 9.49. The van der Waals surface area contributed by atoms with Crippen molar-refractivity contribution in [1.82, 2.24) is 15.1 Å². The predicted molar refractivity (Wildman–Crippen MR) is 78.3 cm³/mol. The molecule has 0 saturated heterocycles. The van der Waals surface area contributed by atoms with Gasteiger partial charge in [-0.1, -0.05) is 0 Å². The van der Waals surface area contributed by atoms with Gasteiger partial charge in [-0.05, 0) is 43.2 Å². The maximum Gasteiger partial charge on any atom is 0.261 e. The molecular formula is C13H22BrF2N3O. The third-order valence-electron chi connectivity index (χ3n) is 3.16. The van der Waals surface area contributed by atoms with Gasteiger partial charge in [0.15, 0.2) is 0 Å². The Hall–Kier alpha value is -0.530. The third kappa shape index (κ3) is 5.10. The van der Waals surface area contributed by atoms with Gasteiger partial charge in [-0.2, -0.15) is 5.10 Å². The van der Waals surface area contributed by atoms with Crippen molar-refractivity contribution in [2.24, 2.45) is 0 Å². The summed E-state index contributed by atoms with van der Waals surface area (Å²) in [6.45, 7) is 4.64. The molecule has 1 aromatic heterocycles. The quantitative estimate of drug-likeness (QED) is 0.693. The summed E-state index contributed by atoms with van der Waals surface area (Å²) in [7, 11) is 1.87. The largest absolute Gasteiger partial charge is 0.375 e. The molecule has 0 fully saturated rings. The highest BCUT2D eigenvalue weighted by atomic mass is 79.9. The van der Waals surface area contributed by atoms with Crippen molar-refractivity contribution < 1.29 is 13.5 Å². The fraction of sp³-hybridized carbons (Fsp3) is 0.769. The number of hydrogen-bond donors (Lipinski definition) is 1. The van der Waals surface area contributed by atoms with Crippen LogP contribution in [-0.4, -0.2) is 42.5 Å². The van der Waals surface area contributed by atoms with Crippen LogP contribution in [0.3, 0.4) is 0 Å². The van der Waals surface area contributed by atoms with Crippen molar-refractivity contribution >= 4 is 15.9 Å². The molecule has 1 aromatic rings. The zero-order valence-corrected chi connectivity index (χ0v) is 13.7. The number of nitrogens with one attached hydrogen (secondary N) is 1. The summed E-state index contributed by atoms with van der Waals surface area (Å²) in [6, 6.07) is 0.172. The van der Waals surface area contributed by atoms with Gasteiger partial charge in [0.2, 0.25) is 0 Å². The standard InChI is InChI=1S/C13H22BrF2N3O/c1-4-19-11(13(14)9(2)18-19)7-10(17-3)5-6-20-8-12(15)16/h10,12,17H,4-8H2,1-3H3. The first kappa shape index (κ1) is 17.5. The van der Waals surface area contributed by atoms with E-state index in [0.29, 0.717) is 13.0 Å². The van der Waals surface area contributed by atoms with Crippen LogP contribution in [0.2, 0.25) is 0 Å². The molecule has 0 aliphatic carbocycles. The van der Waals surface area contributed by atoms with E-state index >= 15 is 0 Å². The lowest BCUT2D eigenvalue weighted by Crippen LogP contribution is -2.30. The molecule has 1 N–H and O–H groups in total. The second kappa shape index (κ2) is 8.69. The second-order valence-electron chi connectivity index (χ2n) is 4.61. The van der Waals surface area contributed by atoms with Gasteiger partial charge in [0.25, 0.3) is 6.43 Å². The average Bonchev–Trinajstić information content (AvgIpc) is 2.69. The number of nitrogens with zero attached hydrogens (tertiary/aromatic N) is 2. The van der Waals surface area contributed by atoms with Crippen LogP contribution in [0.4, 0.5) is 8.78 Å². The Morgan fingerprint density at radius 2 is 2.15 bits per heavy atom. The molecule has 1 atom stereocenters. The molecule has 1 rings (SSSR count). The maximum absolute atomic E-state index is 12.0. The van der Waals surface area contributed by atoms with Gasteiger partial charge in [-0.3, -0.25) is 4.68 Å². The maximum atomic E-state index is 12.0. The molecule has 0 radical (unpaired) electrons. The van der Waals surface area contributed by atoms with E-state index in [9.17, 15) is 8.78 Å². The normalized spacial score (nSPS) is 13.2. The smallest absolute Gasteiger partial charge is 0.261 e. The molecule has 1 heterocycles. The number of halogens is 3. The first-order valence-electron chi connectivity index (χ1n) is 6.74. The van der Waals surface area contributed by atoms with Crippen LogP contribution in [0.15, 0.2) is 4.47 Å². The molecule has 4 nitrogen and oxygen atoms in total. The summed E-state index contributed by atoms with van der Waals surface area (Å²) in [5, 5.41) is 7.64. The SMILES string of the molecule is CCn1nc(C)c(Br)c1CC(CCOCC(F)F)NC. The Bertz CT molecular complexity index is 413. The first-order valence-corrected chi connectivity index (χ1v) is 7.53. The summed E-state index contributed by atoms with van der Waals surface area (Å²) in [4.78, 5) is 0. The Morgan fingerprint density at radius 3 is 2.70 bits per heavy atom. The number of alkyl halides is 2. The number of aromatic nitrogens is 2. The number of rotatable bonds is 9. The fourth-order valence-electron chi connectivity index (χ4n) is 2.04. The van der Waals surface area contributed by atoms with E-state index in [-0.39, 0.29) is 6.04 Å². The number of hydrogen-bond acceptors (Lipinski definition) is 3. The lowest BCUT2D eigenvalue weighted by molar-refractivity contribution is 0.0145. The minimum atomic E-state index is -2.40. The number of likely N-dealkylation sites (N-methyl/N-ethyl adjacent to an activating group) is 1. The van der Waals surface area contributed by atoms with E-state index in [1.54, 1.807) is 0 Å². The van der Waals surface area contributed by atoms with Crippen molar-refractivity contribution in [1.29, 1.82) is 0 Å². The van der Waals surface area contributed by atoms with Crippen molar-refractivity contribution in [3.05, 3.63) is 15.9 Å². The van der Waals surface area contributed by atoms with E-state index in [4.69, 9.17) is 4.74 Å². The van der Waals surface area contributed by atoms with Gasteiger partial charge >= 0.3 is 0 Å². The van der Waals surface area contributed by atoms with Crippen LogP contribution in [0.5, 0.6) is 0 Å². The van der Waals surface area contributed by atoms with E-state index in [1.807, 2.05) is 25.6 Å². The predicted octanol–water partition coefficient (Wildman–Crippen LogP) is 2.78. The lowest BCUT2D eigenvalue weighted by atomic mass is 10.1. The molecule has 1 unspecified atom stereocenters. The molecular weight excluding hydrogens is 332 g/mol. The van der Waals surface area contributed by atoms with Crippen LogP contribution in [-0.2, 0) is 17.7 Å². The van der Waals surface area contributed by atoms with Gasteiger partial charge in [-0.25, -0.2) is 8.78 Å². The Balaban J connectivity index is 2.55. The molecule has 0 bridgehead atoms. The Labute approximate surface area is 127 Å². The topological polar surface area (TPSA) is 39.1 Å². The van der Waals surface area contributed by atoms with Crippen LogP contribution >= 0.6 is 15.9 Å². The van der Waals surface area contributed by atoms with Crippen LogP contribution in [0, 0.1) is 6.92 Å². The van der Waals surface area contributed by atoms with E-state index in [0.717, 1.165) is 28.8 Å². The van der Waals surface area contributed by atoms with Gasteiger partial charge < -0.3 is 10.1 Å². The average molecular weight is 354 g/mol. The zero-order chi connectivity index (χ0) is 15.1. The molecule has 20 heavy (non-hydrogen) atoms. The number of aryl methyl sites for hydroxylation is 2. The lowest BCUT2D eigenvalue weighted by Gasteiger charge is -2.17. The molecule has 0 spiro atoms. The fourth-order valence-corrected chi connectivity index (χ4v) is 2.49. The van der Waals surface area contributed by atoms with Gasteiger partial charge in [0, 0.05) is 25.6 Å². The van der Waals surface area contributed by atoms with Crippen molar-refractivity contribution in [3.63, 3.8) is 0 Å². The highest BCUT2D eigenvalue weighted by Crippen LogP contribution is 2.22. The third-order valence-corrected chi connectivity index (χ3v) is 4.19. The summed E-state index contributed by atoms with van der Waals surface area (Å²) in [5.41, 5.74) is 2.09. The van der Waals surface area contributed by atoms with Crippen molar-refractivity contribution in [3.8, 4) is 0 Å². The molecule has 0 saturated carbocycles. The van der Waals surface area contributed by atoms with Gasteiger partial charge in [0.1, 0.15) is 6.61 Å². The van der Waals surface area contributed by atoms with Gasteiger partial charge in [-0.15, -0.1) is 0 Å². The van der Waals surface area contributed by atoms with Crippen LogP contribution < -0.4 is 5.32 Å². The van der Waals surface area contributed by atoms with E-state index < -0.39 is 13.0 Å².